The van der Waals surface area contributed by atoms with Crippen molar-refractivity contribution in [2.24, 2.45) is 0 Å². The molecule has 0 radical (unpaired) electrons. The van der Waals surface area contributed by atoms with E-state index in [1.54, 1.807) is 0 Å². The number of hydrogen-bond donors (Lipinski definition) is 1. The molecule has 8 heavy (non-hydrogen) atoms. The molecule has 0 aromatic rings. The van der Waals surface area contributed by atoms with Crippen LogP contribution >= 0.6 is 0 Å². The molecule has 0 aliphatic heterocycles. The van der Waals surface area contributed by atoms with E-state index in [1.807, 2.05) is 0 Å². The van der Waals surface area contributed by atoms with Gasteiger partial charge in [-0.2, -0.15) is 0 Å². The first-order valence-corrected chi connectivity index (χ1v) is 7.02. The second-order valence-corrected chi connectivity index (χ2v) is 6.83. The molecular weight excluding hydrogens is 171 g/mol. The Labute approximate surface area is 53.8 Å². The van der Waals surface area contributed by atoms with Crippen LogP contribution in [0.1, 0.15) is 6.42 Å². The number of rotatable bonds is 3. The van der Waals surface area contributed by atoms with Gasteiger partial charge in [-0.1, -0.05) is 0 Å². The minimum absolute atomic E-state index is 0.359. The molecule has 0 aromatic carbocycles. The number of aliphatic carboxylic acids is 1. The third-order valence-electron chi connectivity index (χ3n) is 0.724. The van der Waals surface area contributed by atoms with Crippen LogP contribution in [0.3, 0.4) is 0 Å². The Morgan fingerprint density at radius 1 is 1.62 bits per heavy atom. The molecule has 48 valence electrons. The zero-order valence-corrected chi connectivity index (χ0v) is 6.89. The van der Waals surface area contributed by atoms with Crippen LogP contribution in [0.2, 0.25) is 17.0 Å². The second kappa shape index (κ2) is 3.93. The number of carbonyl (C=O) groups is 1. The van der Waals surface area contributed by atoms with Crippen LogP contribution in [0.15, 0.2) is 0 Å². The van der Waals surface area contributed by atoms with Gasteiger partial charge in [-0.25, -0.2) is 0 Å². The predicted octanol–water partition coefficient (Wildman–Crippen LogP) is 1.22. The van der Waals surface area contributed by atoms with Crippen LogP contribution in [-0.2, 0) is 4.79 Å². The molecular formula is C5H11O2Se+. The Hall–Kier alpha value is -0.0105. The van der Waals surface area contributed by atoms with Gasteiger partial charge in [0.1, 0.15) is 0 Å². The van der Waals surface area contributed by atoms with Crippen molar-refractivity contribution in [2.45, 2.75) is 23.4 Å². The van der Waals surface area contributed by atoms with Crippen LogP contribution < -0.4 is 0 Å². The molecule has 0 spiro atoms. The maximum absolute atomic E-state index is 9.92. The van der Waals surface area contributed by atoms with Crippen LogP contribution in [0.4, 0.5) is 0 Å². The topological polar surface area (TPSA) is 37.3 Å². The Balaban J connectivity index is 3.05. The third-order valence-corrected chi connectivity index (χ3v) is 2.87. The van der Waals surface area contributed by atoms with E-state index in [0.29, 0.717) is 6.42 Å². The second-order valence-electron chi connectivity index (χ2n) is 1.83. The van der Waals surface area contributed by atoms with Crippen molar-refractivity contribution in [1.29, 1.82) is 0 Å². The van der Waals surface area contributed by atoms with Crippen molar-refractivity contribution in [3.63, 3.8) is 0 Å². The van der Waals surface area contributed by atoms with E-state index >= 15 is 0 Å². The van der Waals surface area contributed by atoms with E-state index in [4.69, 9.17) is 5.11 Å². The van der Waals surface area contributed by atoms with Gasteiger partial charge in [-0.3, -0.25) is 0 Å². The molecule has 3 heteroatoms. The summed E-state index contributed by atoms with van der Waals surface area (Å²) in [5.74, 6) is 3.62. The molecule has 0 aromatic heterocycles. The SMILES string of the molecule is C[Se+](C)CCC(=O)O. The summed E-state index contributed by atoms with van der Waals surface area (Å²) in [5, 5.41) is 9.09. The molecule has 0 bridgehead atoms. The van der Waals surface area contributed by atoms with Gasteiger partial charge >= 0.3 is 53.2 Å². The molecule has 0 saturated carbocycles. The van der Waals surface area contributed by atoms with Crippen molar-refractivity contribution >= 4 is 19.9 Å². The van der Waals surface area contributed by atoms with Crippen LogP contribution in [0, 0.1) is 0 Å². The molecule has 0 aliphatic rings. The summed E-state index contributed by atoms with van der Waals surface area (Å²) < 4.78 is 0. The molecule has 0 saturated heterocycles. The number of hydrogen-bond acceptors (Lipinski definition) is 1. The molecule has 0 rings (SSSR count). The average molecular weight is 182 g/mol. The molecule has 0 heterocycles. The summed E-state index contributed by atoms with van der Waals surface area (Å²) in [6.45, 7) is 0. The van der Waals surface area contributed by atoms with E-state index in [2.05, 4.69) is 11.6 Å². The molecule has 0 amide bonds. The van der Waals surface area contributed by atoms with E-state index in [-0.39, 0.29) is 0 Å². The van der Waals surface area contributed by atoms with Crippen molar-refractivity contribution < 1.29 is 9.90 Å². The predicted molar refractivity (Wildman–Crippen MR) is 34.5 cm³/mol. The Morgan fingerprint density at radius 3 is 2.25 bits per heavy atom. The van der Waals surface area contributed by atoms with Gasteiger partial charge < -0.3 is 0 Å². The molecule has 0 unspecified atom stereocenters. The van der Waals surface area contributed by atoms with Gasteiger partial charge in [0, 0.05) is 0 Å². The first kappa shape index (κ1) is 7.99. The van der Waals surface area contributed by atoms with Gasteiger partial charge in [-0.15, -0.1) is 0 Å². The van der Waals surface area contributed by atoms with Gasteiger partial charge in [0.2, 0.25) is 0 Å². The summed E-state index contributed by atoms with van der Waals surface area (Å²) in [6, 6.07) is 0. The third kappa shape index (κ3) is 5.99. The standard InChI is InChI=1S/C5H10O2Se/c1-8(2)4-3-5(6)7/h3-4H2,1-2H3/p+1. The van der Waals surface area contributed by atoms with Crippen molar-refractivity contribution in [1.82, 2.24) is 0 Å². The molecule has 2 nitrogen and oxygen atoms in total. The summed E-state index contributed by atoms with van der Waals surface area (Å²) in [6.07, 6.45) is 0.359. The van der Waals surface area contributed by atoms with Crippen LogP contribution in [0.25, 0.3) is 0 Å². The van der Waals surface area contributed by atoms with Gasteiger partial charge in [0.25, 0.3) is 0 Å². The average Bonchev–Trinajstić information content (AvgIpc) is 1.61. The van der Waals surface area contributed by atoms with Crippen molar-refractivity contribution in [3.05, 3.63) is 0 Å². The Morgan fingerprint density at radius 2 is 2.12 bits per heavy atom. The van der Waals surface area contributed by atoms with Crippen molar-refractivity contribution in [3.8, 4) is 0 Å². The quantitative estimate of drug-likeness (QED) is 0.666. The van der Waals surface area contributed by atoms with Crippen molar-refractivity contribution in [2.75, 3.05) is 0 Å². The fourth-order valence-electron chi connectivity index (χ4n) is 0.291. The van der Waals surface area contributed by atoms with E-state index in [1.165, 1.54) is 0 Å². The van der Waals surface area contributed by atoms with Gasteiger partial charge in [0.15, 0.2) is 0 Å². The fourth-order valence-corrected chi connectivity index (χ4v) is 1.51. The molecule has 0 fully saturated rings. The van der Waals surface area contributed by atoms with Crippen LogP contribution in [0.5, 0.6) is 0 Å². The molecule has 0 atom stereocenters. The van der Waals surface area contributed by atoms with E-state index in [9.17, 15) is 4.79 Å². The maximum atomic E-state index is 9.92. The normalized spacial score (nSPS) is 9.88. The summed E-state index contributed by atoms with van der Waals surface area (Å²) in [5.41, 5.74) is 0. The Kier molecular flexibility index (Phi) is 3.92. The first-order chi connectivity index (χ1) is 3.63. The fraction of sp³-hybridized carbons (Fsp3) is 0.800. The van der Waals surface area contributed by atoms with E-state index in [0.717, 1.165) is 5.32 Å². The van der Waals surface area contributed by atoms with Gasteiger partial charge in [-0.05, 0) is 0 Å². The van der Waals surface area contributed by atoms with Gasteiger partial charge in [0.05, 0.1) is 0 Å². The molecule has 0 aliphatic carbocycles. The zero-order valence-electron chi connectivity index (χ0n) is 5.18. The van der Waals surface area contributed by atoms with E-state index < -0.39 is 19.9 Å². The molecule has 1 N–H and O–H groups in total. The summed E-state index contributed by atoms with van der Waals surface area (Å²) in [7, 11) is 0. The summed E-state index contributed by atoms with van der Waals surface area (Å²) >= 11 is -0.496. The number of carboxylic acids is 1. The number of carboxylic acid groups (broad SMARTS) is 1. The first-order valence-electron chi connectivity index (χ1n) is 2.39. The zero-order chi connectivity index (χ0) is 6.57. The van der Waals surface area contributed by atoms with Crippen LogP contribution in [-0.4, -0.2) is 25.0 Å². The summed E-state index contributed by atoms with van der Waals surface area (Å²) in [4.78, 5) is 9.92. The monoisotopic (exact) mass is 183 g/mol. The minimum atomic E-state index is -0.664. The Bertz CT molecular complexity index is 80.5.